The predicted octanol–water partition coefficient (Wildman–Crippen LogP) is 2.09. The lowest BCUT2D eigenvalue weighted by Gasteiger charge is -2.54. The first-order chi connectivity index (χ1) is 17.5. The highest BCUT2D eigenvalue weighted by molar-refractivity contribution is 5.94. The Bertz CT molecular complexity index is 1130. The van der Waals surface area contributed by atoms with Gasteiger partial charge in [0.15, 0.2) is 0 Å². The molecule has 1 aromatic heterocycles. The van der Waals surface area contributed by atoms with Gasteiger partial charge in [-0.15, -0.1) is 0 Å². The Morgan fingerprint density at radius 3 is 2.50 bits per heavy atom. The van der Waals surface area contributed by atoms with Crippen LogP contribution in [0.1, 0.15) is 50.5 Å². The van der Waals surface area contributed by atoms with Gasteiger partial charge in [0, 0.05) is 36.1 Å². The minimum Gasteiger partial charge on any atom is -0.361 e. The highest BCUT2D eigenvalue weighted by atomic mass is 16.2. The van der Waals surface area contributed by atoms with Crippen molar-refractivity contribution in [1.29, 1.82) is 0 Å². The number of likely N-dealkylation sites (tertiary alicyclic amines) is 1. The summed E-state index contributed by atoms with van der Waals surface area (Å²) in [4.78, 5) is 44.5. The second kappa shape index (κ2) is 9.54. The van der Waals surface area contributed by atoms with E-state index in [2.05, 4.69) is 15.6 Å². The van der Waals surface area contributed by atoms with Crippen molar-refractivity contribution in [2.45, 2.75) is 69.5 Å². The number of H-pyrrole nitrogens is 1. The first-order valence-corrected chi connectivity index (χ1v) is 13.7. The Balaban J connectivity index is 1.18. The summed E-state index contributed by atoms with van der Waals surface area (Å²) in [6.45, 7) is 0.343. The number of aromatic nitrogens is 1. The maximum Gasteiger partial charge on any atom is 0.246 e. The smallest absolute Gasteiger partial charge is 0.246 e. The summed E-state index contributed by atoms with van der Waals surface area (Å²) < 4.78 is 0. The molecule has 4 bridgehead atoms. The summed E-state index contributed by atoms with van der Waals surface area (Å²) in [6.07, 6.45) is 10.0. The summed E-state index contributed by atoms with van der Waals surface area (Å²) in [5, 5.41) is 7.26. The number of para-hydroxylation sites is 1. The predicted molar refractivity (Wildman–Crippen MR) is 137 cm³/mol. The van der Waals surface area contributed by atoms with E-state index in [1.807, 2.05) is 30.5 Å². The van der Waals surface area contributed by atoms with Crippen LogP contribution in [0, 0.1) is 23.7 Å². The molecule has 4 saturated carbocycles. The number of carbonyl (C=O) groups is 3. The van der Waals surface area contributed by atoms with E-state index in [9.17, 15) is 14.4 Å². The Kier molecular flexibility index (Phi) is 6.23. The van der Waals surface area contributed by atoms with Crippen LogP contribution >= 0.6 is 0 Å². The topological polar surface area (TPSA) is 120 Å². The van der Waals surface area contributed by atoms with Crippen LogP contribution in [0.5, 0.6) is 0 Å². The van der Waals surface area contributed by atoms with Crippen molar-refractivity contribution in [3.63, 3.8) is 0 Å². The number of benzene rings is 1. The molecule has 1 aliphatic heterocycles. The fourth-order valence-corrected chi connectivity index (χ4v) is 7.90. The zero-order valence-electron chi connectivity index (χ0n) is 20.7. The van der Waals surface area contributed by atoms with Crippen LogP contribution in [-0.2, 0) is 20.8 Å². The highest BCUT2D eigenvalue weighted by Gasteiger charge is 2.49. The van der Waals surface area contributed by atoms with E-state index in [-0.39, 0.29) is 30.3 Å². The molecule has 2 atom stereocenters. The van der Waals surface area contributed by atoms with Gasteiger partial charge in [0.05, 0.1) is 6.54 Å². The SMILES string of the molecule is NCC(=O)NC(Cc1c[nH]c2ccccc12)C(=O)N1CCC[C@@H]1C(=O)NC1C2CC3CC(C2)CC1C3. The number of nitrogens with zero attached hydrogens (tertiary/aromatic N) is 1. The summed E-state index contributed by atoms with van der Waals surface area (Å²) in [5.41, 5.74) is 7.51. The molecule has 7 rings (SSSR count). The second-order valence-corrected chi connectivity index (χ2v) is 11.5. The molecule has 5 fully saturated rings. The van der Waals surface area contributed by atoms with E-state index < -0.39 is 12.1 Å². The molecule has 1 unspecified atom stereocenters. The molecule has 2 heterocycles. The molecular formula is C28H37N5O3. The molecule has 5 N–H and O–H groups in total. The molecule has 36 heavy (non-hydrogen) atoms. The largest absolute Gasteiger partial charge is 0.361 e. The van der Waals surface area contributed by atoms with Crippen molar-refractivity contribution in [2.75, 3.05) is 13.1 Å². The van der Waals surface area contributed by atoms with Crippen LogP contribution in [-0.4, -0.2) is 58.8 Å². The van der Waals surface area contributed by atoms with Crippen LogP contribution in [0.15, 0.2) is 30.5 Å². The maximum atomic E-state index is 13.8. The molecule has 2 aromatic rings. The van der Waals surface area contributed by atoms with Gasteiger partial charge < -0.3 is 26.3 Å². The normalized spacial score (nSPS) is 31.5. The van der Waals surface area contributed by atoms with Gasteiger partial charge in [-0.1, -0.05) is 18.2 Å². The lowest BCUT2D eigenvalue weighted by Crippen LogP contribution is -2.60. The molecule has 5 aliphatic rings. The fourth-order valence-electron chi connectivity index (χ4n) is 7.90. The average molecular weight is 492 g/mol. The number of amides is 3. The van der Waals surface area contributed by atoms with Crippen LogP contribution in [0.25, 0.3) is 10.9 Å². The van der Waals surface area contributed by atoms with Gasteiger partial charge in [-0.2, -0.15) is 0 Å². The van der Waals surface area contributed by atoms with Crippen LogP contribution < -0.4 is 16.4 Å². The van der Waals surface area contributed by atoms with Crippen LogP contribution in [0.3, 0.4) is 0 Å². The van der Waals surface area contributed by atoms with Crippen molar-refractivity contribution in [1.82, 2.24) is 20.5 Å². The average Bonchev–Trinajstić information content (AvgIpc) is 3.52. The van der Waals surface area contributed by atoms with Crippen molar-refractivity contribution in [2.24, 2.45) is 29.4 Å². The van der Waals surface area contributed by atoms with Crippen LogP contribution in [0.2, 0.25) is 0 Å². The van der Waals surface area contributed by atoms with E-state index >= 15 is 0 Å². The number of carbonyl (C=O) groups excluding carboxylic acids is 3. The first-order valence-electron chi connectivity index (χ1n) is 13.7. The Hall–Kier alpha value is -2.87. The second-order valence-electron chi connectivity index (χ2n) is 11.5. The third kappa shape index (κ3) is 4.29. The van der Waals surface area contributed by atoms with Crippen molar-refractivity contribution in [3.8, 4) is 0 Å². The lowest BCUT2D eigenvalue weighted by atomic mass is 9.54. The van der Waals surface area contributed by atoms with Gasteiger partial charge in [0.25, 0.3) is 0 Å². The van der Waals surface area contributed by atoms with Crippen LogP contribution in [0.4, 0.5) is 0 Å². The number of nitrogens with two attached hydrogens (primary N) is 1. The molecule has 4 aliphatic carbocycles. The Morgan fingerprint density at radius 2 is 1.78 bits per heavy atom. The number of rotatable bonds is 7. The minimum absolute atomic E-state index is 0.0191. The van der Waals surface area contributed by atoms with Gasteiger partial charge in [0.1, 0.15) is 12.1 Å². The Morgan fingerprint density at radius 1 is 1.06 bits per heavy atom. The molecule has 192 valence electrons. The van der Waals surface area contributed by atoms with E-state index in [4.69, 9.17) is 5.73 Å². The van der Waals surface area contributed by atoms with E-state index in [1.54, 1.807) is 4.90 Å². The molecule has 1 saturated heterocycles. The van der Waals surface area contributed by atoms with Gasteiger partial charge in [0.2, 0.25) is 17.7 Å². The standard InChI is InChI=1S/C28H37N5O3/c29-14-25(34)31-23(13-20-15-30-22-5-2-1-4-21(20)22)28(36)33-7-3-6-24(33)27(35)32-26-18-9-16-8-17(11-18)12-19(26)10-16/h1-2,4-5,15-19,23-24,26,30H,3,6-14,29H2,(H,31,34)(H,32,35)/t16?,17?,18?,19?,23?,24-,26?/m1/s1. The summed E-state index contributed by atoms with van der Waals surface area (Å²) in [5.74, 6) is 2.29. The minimum atomic E-state index is -0.769. The van der Waals surface area contributed by atoms with E-state index in [0.29, 0.717) is 31.2 Å². The lowest BCUT2D eigenvalue weighted by molar-refractivity contribution is -0.142. The number of fused-ring (bicyclic) bond motifs is 1. The van der Waals surface area contributed by atoms with Gasteiger partial charge in [-0.25, -0.2) is 0 Å². The molecule has 0 spiro atoms. The molecule has 8 heteroatoms. The molecule has 8 nitrogen and oxygen atoms in total. The van der Waals surface area contributed by atoms with Crippen molar-refractivity contribution in [3.05, 3.63) is 36.0 Å². The molecule has 3 amide bonds. The zero-order chi connectivity index (χ0) is 24.8. The molecular weight excluding hydrogens is 454 g/mol. The number of aromatic amines is 1. The maximum absolute atomic E-state index is 13.8. The van der Waals surface area contributed by atoms with E-state index in [1.165, 1.54) is 32.1 Å². The van der Waals surface area contributed by atoms with Gasteiger partial charge in [-0.3, -0.25) is 14.4 Å². The highest BCUT2D eigenvalue weighted by Crippen LogP contribution is 2.53. The molecule has 1 aromatic carbocycles. The van der Waals surface area contributed by atoms with Crippen molar-refractivity contribution < 1.29 is 14.4 Å². The first kappa shape index (κ1) is 23.5. The zero-order valence-corrected chi connectivity index (χ0v) is 20.7. The quantitative estimate of drug-likeness (QED) is 0.474. The van der Waals surface area contributed by atoms with Gasteiger partial charge in [-0.05, 0) is 80.2 Å². The third-order valence-corrected chi connectivity index (χ3v) is 9.29. The Labute approximate surface area is 211 Å². The molecule has 0 radical (unpaired) electrons. The number of hydrogen-bond acceptors (Lipinski definition) is 4. The van der Waals surface area contributed by atoms with Crippen molar-refractivity contribution >= 4 is 28.6 Å². The summed E-state index contributed by atoms with van der Waals surface area (Å²) >= 11 is 0. The fraction of sp³-hybridized carbons (Fsp3) is 0.607. The summed E-state index contributed by atoms with van der Waals surface area (Å²) in [7, 11) is 0. The summed E-state index contributed by atoms with van der Waals surface area (Å²) in [6, 6.07) is 6.91. The number of nitrogens with one attached hydrogen (secondary N) is 3. The monoisotopic (exact) mass is 491 g/mol. The van der Waals surface area contributed by atoms with E-state index in [0.717, 1.165) is 34.7 Å². The van der Waals surface area contributed by atoms with Gasteiger partial charge >= 0.3 is 0 Å². The number of hydrogen-bond donors (Lipinski definition) is 4. The third-order valence-electron chi connectivity index (χ3n) is 9.29.